The topological polar surface area (TPSA) is 86.5 Å². The summed E-state index contributed by atoms with van der Waals surface area (Å²) in [4.78, 5) is 24.6. The van der Waals surface area contributed by atoms with E-state index in [1.165, 1.54) is 12.3 Å². The molecule has 2 aromatic rings. The van der Waals surface area contributed by atoms with Gasteiger partial charge in [0.1, 0.15) is 0 Å². The van der Waals surface area contributed by atoms with Crippen LogP contribution in [-0.2, 0) is 6.42 Å². The average Bonchev–Trinajstić information content (AvgIpc) is 2.82. The smallest absolute Gasteiger partial charge is 0.252 e. The Bertz CT molecular complexity index is 491. The van der Waals surface area contributed by atoms with Gasteiger partial charge in [0.05, 0.1) is 6.33 Å². The molecule has 0 fully saturated rings. The first-order chi connectivity index (χ1) is 8.34. The Morgan fingerprint density at radius 1 is 1.35 bits per heavy atom. The number of aromatic amines is 2. The molecule has 6 heteroatoms. The molecule has 0 bridgehead atoms. The van der Waals surface area contributed by atoms with Gasteiger partial charge in [-0.15, -0.1) is 0 Å². The maximum atomic E-state index is 11.0. The van der Waals surface area contributed by atoms with Crippen LogP contribution in [0.3, 0.4) is 0 Å². The van der Waals surface area contributed by atoms with E-state index in [9.17, 15) is 4.79 Å². The van der Waals surface area contributed by atoms with Crippen LogP contribution in [0.15, 0.2) is 29.6 Å². The quantitative estimate of drug-likeness (QED) is 0.648. The average molecular weight is 233 g/mol. The molecule has 0 aromatic carbocycles. The monoisotopic (exact) mass is 233 g/mol. The molecular formula is C11H15N5O. The molecule has 3 N–H and O–H groups in total. The normalized spacial score (nSPS) is 10.4. The summed E-state index contributed by atoms with van der Waals surface area (Å²) in [6.07, 6.45) is 8.08. The molecule has 0 spiro atoms. The van der Waals surface area contributed by atoms with E-state index in [-0.39, 0.29) is 5.56 Å². The summed E-state index contributed by atoms with van der Waals surface area (Å²) < 4.78 is 0. The zero-order valence-electron chi connectivity index (χ0n) is 9.44. The molecule has 0 amide bonds. The van der Waals surface area contributed by atoms with Gasteiger partial charge in [0.15, 0.2) is 0 Å². The third kappa shape index (κ3) is 3.75. The second-order valence-electron chi connectivity index (χ2n) is 3.74. The van der Waals surface area contributed by atoms with Gasteiger partial charge >= 0.3 is 0 Å². The first kappa shape index (κ1) is 11.4. The van der Waals surface area contributed by atoms with Crippen LogP contribution in [0.4, 0.5) is 5.95 Å². The van der Waals surface area contributed by atoms with Gasteiger partial charge in [0.2, 0.25) is 5.95 Å². The second-order valence-corrected chi connectivity index (χ2v) is 3.74. The summed E-state index contributed by atoms with van der Waals surface area (Å²) in [5, 5.41) is 3.07. The van der Waals surface area contributed by atoms with Crippen molar-refractivity contribution in [3.8, 4) is 0 Å². The molecular weight excluding hydrogens is 218 g/mol. The van der Waals surface area contributed by atoms with Crippen molar-refractivity contribution in [1.82, 2.24) is 19.9 Å². The van der Waals surface area contributed by atoms with Crippen molar-refractivity contribution in [1.29, 1.82) is 0 Å². The van der Waals surface area contributed by atoms with E-state index in [1.807, 2.05) is 6.20 Å². The van der Waals surface area contributed by atoms with E-state index in [0.29, 0.717) is 5.95 Å². The zero-order chi connectivity index (χ0) is 11.9. The van der Waals surface area contributed by atoms with Crippen molar-refractivity contribution in [2.45, 2.75) is 19.3 Å². The van der Waals surface area contributed by atoms with E-state index < -0.39 is 0 Å². The van der Waals surface area contributed by atoms with Gasteiger partial charge in [-0.3, -0.25) is 9.78 Å². The van der Waals surface area contributed by atoms with Crippen molar-refractivity contribution in [2.75, 3.05) is 11.9 Å². The lowest BCUT2D eigenvalue weighted by Gasteiger charge is -2.03. The molecule has 0 saturated carbocycles. The first-order valence-corrected chi connectivity index (χ1v) is 5.61. The fourth-order valence-electron chi connectivity index (χ4n) is 1.53. The number of aryl methyl sites for hydroxylation is 1. The van der Waals surface area contributed by atoms with Crippen molar-refractivity contribution < 1.29 is 0 Å². The van der Waals surface area contributed by atoms with Gasteiger partial charge in [0.25, 0.3) is 5.56 Å². The SMILES string of the molecule is O=c1ccnc(NCCCCc2cnc[nH]2)[nH]1. The van der Waals surface area contributed by atoms with Crippen molar-refractivity contribution >= 4 is 5.95 Å². The number of unbranched alkanes of at least 4 members (excludes halogenated alkanes) is 1. The number of nitrogens with zero attached hydrogens (tertiary/aromatic N) is 2. The molecule has 17 heavy (non-hydrogen) atoms. The number of nitrogens with one attached hydrogen (secondary N) is 3. The fraction of sp³-hybridized carbons (Fsp3) is 0.364. The largest absolute Gasteiger partial charge is 0.356 e. The summed E-state index contributed by atoms with van der Waals surface area (Å²) in [7, 11) is 0. The van der Waals surface area contributed by atoms with Gasteiger partial charge in [-0.2, -0.15) is 0 Å². The first-order valence-electron chi connectivity index (χ1n) is 5.61. The van der Waals surface area contributed by atoms with Gasteiger partial charge in [-0.1, -0.05) is 0 Å². The van der Waals surface area contributed by atoms with Crippen LogP contribution in [0, 0.1) is 0 Å². The number of H-pyrrole nitrogens is 2. The standard InChI is InChI=1S/C11H15N5O/c17-10-4-6-14-11(16-10)13-5-2-1-3-9-7-12-8-15-9/h4,6-8H,1-3,5H2,(H,12,15)(H2,13,14,16,17). The fourth-order valence-corrected chi connectivity index (χ4v) is 1.53. The molecule has 0 unspecified atom stereocenters. The van der Waals surface area contributed by atoms with Crippen LogP contribution in [0.2, 0.25) is 0 Å². The minimum atomic E-state index is -0.139. The van der Waals surface area contributed by atoms with Gasteiger partial charge in [-0.25, -0.2) is 9.97 Å². The van der Waals surface area contributed by atoms with Crippen molar-refractivity contribution in [3.05, 3.63) is 40.8 Å². The number of imidazole rings is 1. The van der Waals surface area contributed by atoms with Crippen LogP contribution in [0.25, 0.3) is 0 Å². The van der Waals surface area contributed by atoms with Gasteiger partial charge in [0, 0.05) is 30.7 Å². The number of hydrogen-bond donors (Lipinski definition) is 3. The van der Waals surface area contributed by atoms with Crippen LogP contribution in [0.5, 0.6) is 0 Å². The molecule has 0 aliphatic heterocycles. The molecule has 0 aliphatic carbocycles. The van der Waals surface area contributed by atoms with E-state index in [0.717, 1.165) is 31.5 Å². The highest BCUT2D eigenvalue weighted by atomic mass is 16.1. The summed E-state index contributed by atoms with van der Waals surface area (Å²) >= 11 is 0. The second kappa shape index (κ2) is 5.83. The Kier molecular flexibility index (Phi) is 3.90. The predicted molar refractivity (Wildman–Crippen MR) is 64.9 cm³/mol. The number of aromatic nitrogens is 4. The molecule has 2 aromatic heterocycles. The van der Waals surface area contributed by atoms with Gasteiger partial charge < -0.3 is 10.3 Å². The highest BCUT2D eigenvalue weighted by molar-refractivity contribution is 5.21. The predicted octanol–water partition coefficient (Wildman–Crippen LogP) is 0.928. The lowest BCUT2D eigenvalue weighted by molar-refractivity contribution is 0.748. The number of hydrogen-bond acceptors (Lipinski definition) is 4. The lowest BCUT2D eigenvalue weighted by Crippen LogP contribution is -2.12. The molecule has 0 atom stereocenters. The molecule has 0 radical (unpaired) electrons. The summed E-state index contributed by atoms with van der Waals surface area (Å²) in [5.74, 6) is 0.527. The van der Waals surface area contributed by atoms with E-state index in [2.05, 4.69) is 25.3 Å². The summed E-state index contributed by atoms with van der Waals surface area (Å²) in [5.41, 5.74) is 1.01. The minimum absolute atomic E-state index is 0.139. The highest BCUT2D eigenvalue weighted by Gasteiger charge is 1.96. The van der Waals surface area contributed by atoms with E-state index >= 15 is 0 Å². The van der Waals surface area contributed by atoms with Crippen LogP contribution < -0.4 is 10.9 Å². The van der Waals surface area contributed by atoms with Crippen LogP contribution in [-0.4, -0.2) is 26.5 Å². The Hall–Kier alpha value is -2.11. The van der Waals surface area contributed by atoms with E-state index in [4.69, 9.17) is 0 Å². The van der Waals surface area contributed by atoms with E-state index in [1.54, 1.807) is 6.33 Å². The van der Waals surface area contributed by atoms with Crippen molar-refractivity contribution in [2.24, 2.45) is 0 Å². The molecule has 0 aliphatic rings. The van der Waals surface area contributed by atoms with Gasteiger partial charge in [-0.05, 0) is 19.3 Å². The highest BCUT2D eigenvalue weighted by Crippen LogP contribution is 2.00. The number of anilines is 1. The lowest BCUT2D eigenvalue weighted by atomic mass is 10.2. The Morgan fingerprint density at radius 2 is 2.29 bits per heavy atom. The molecule has 90 valence electrons. The molecule has 2 heterocycles. The van der Waals surface area contributed by atoms with Crippen LogP contribution in [0.1, 0.15) is 18.5 Å². The number of rotatable bonds is 6. The third-order valence-electron chi connectivity index (χ3n) is 2.39. The molecule has 6 nitrogen and oxygen atoms in total. The summed E-state index contributed by atoms with van der Waals surface area (Å²) in [6.45, 7) is 0.793. The van der Waals surface area contributed by atoms with Crippen molar-refractivity contribution in [3.63, 3.8) is 0 Å². The maximum absolute atomic E-state index is 11.0. The van der Waals surface area contributed by atoms with Crippen LogP contribution >= 0.6 is 0 Å². The third-order valence-corrected chi connectivity index (χ3v) is 2.39. The zero-order valence-corrected chi connectivity index (χ0v) is 9.44. The Morgan fingerprint density at radius 3 is 3.06 bits per heavy atom. The Balaban J connectivity index is 1.65. The molecule has 2 rings (SSSR count). The maximum Gasteiger partial charge on any atom is 0.252 e. The molecule has 0 saturated heterocycles. The Labute approximate surface area is 98.5 Å². The summed E-state index contributed by atoms with van der Waals surface area (Å²) in [6, 6.07) is 1.39. The minimum Gasteiger partial charge on any atom is -0.356 e.